The van der Waals surface area contributed by atoms with Crippen LogP contribution in [-0.4, -0.2) is 48.9 Å². The first kappa shape index (κ1) is 24.1. The number of amides is 1. The van der Waals surface area contributed by atoms with Crippen molar-refractivity contribution in [3.63, 3.8) is 0 Å². The van der Waals surface area contributed by atoms with E-state index in [4.69, 9.17) is 9.26 Å². The lowest BCUT2D eigenvalue weighted by Crippen LogP contribution is -2.41. The minimum absolute atomic E-state index is 0.194. The Morgan fingerprint density at radius 2 is 1.84 bits per heavy atom. The molecule has 174 valence electrons. The van der Waals surface area contributed by atoms with E-state index in [2.05, 4.69) is 47.7 Å². The molecule has 6 nitrogen and oxygen atoms in total. The van der Waals surface area contributed by atoms with E-state index >= 15 is 0 Å². The maximum absolute atomic E-state index is 12.2. The zero-order valence-corrected chi connectivity index (χ0v) is 20.3. The summed E-state index contributed by atoms with van der Waals surface area (Å²) in [5.74, 6) is 0.599. The summed E-state index contributed by atoms with van der Waals surface area (Å²) in [6.45, 7) is 9.36. The van der Waals surface area contributed by atoms with Gasteiger partial charge in [0.15, 0.2) is 5.58 Å². The zero-order chi connectivity index (χ0) is 23.3. The first-order chi connectivity index (χ1) is 15.2. The Balaban J connectivity index is 0.000000913. The molecule has 0 atom stereocenters. The molecule has 1 aliphatic rings. The van der Waals surface area contributed by atoms with Crippen molar-refractivity contribution in [3.05, 3.63) is 41.6 Å². The molecule has 1 fully saturated rings. The molecular formula is C26H37N3O3. The number of hydrogen-bond donors (Lipinski definition) is 1. The Kier molecular flexibility index (Phi) is 7.77. The minimum atomic E-state index is -0.440. The van der Waals surface area contributed by atoms with Crippen LogP contribution in [0.25, 0.3) is 21.7 Å². The molecule has 1 N–H and O–H groups in total. The number of nitrogens with one attached hydrogen (secondary N) is 1. The van der Waals surface area contributed by atoms with Crippen LogP contribution in [-0.2, 0) is 11.2 Å². The molecule has 1 aromatic heterocycles. The number of likely N-dealkylation sites (tertiary alicyclic amines) is 1. The summed E-state index contributed by atoms with van der Waals surface area (Å²) >= 11 is 0. The third-order valence-corrected chi connectivity index (χ3v) is 5.86. The van der Waals surface area contributed by atoms with Gasteiger partial charge in [0.2, 0.25) is 0 Å². The Morgan fingerprint density at radius 1 is 1.19 bits per heavy atom. The average Bonchev–Trinajstić information content (AvgIpc) is 3.15. The summed E-state index contributed by atoms with van der Waals surface area (Å²) in [5, 5.41) is 10.7. The largest absolute Gasteiger partial charge is 0.444 e. The molecule has 6 heteroatoms. The number of benzene rings is 2. The number of hydrogen-bond acceptors (Lipinski definition) is 5. The third kappa shape index (κ3) is 5.80. The third-order valence-electron chi connectivity index (χ3n) is 5.86. The number of ether oxygens (including phenoxy) is 1. The fourth-order valence-corrected chi connectivity index (χ4v) is 4.24. The second kappa shape index (κ2) is 10.3. The van der Waals surface area contributed by atoms with Crippen molar-refractivity contribution >= 4 is 27.8 Å². The van der Waals surface area contributed by atoms with Crippen LogP contribution in [0.1, 0.15) is 51.3 Å². The van der Waals surface area contributed by atoms with Gasteiger partial charge in [0.1, 0.15) is 5.60 Å². The van der Waals surface area contributed by atoms with Crippen molar-refractivity contribution in [3.8, 4) is 0 Å². The standard InChI is InChI=1S/C24H30N2O3.C2H7N/c1-16-19-8-6-5-7-18(19)15-20-21(25-29-22(16)20)10-9-17-11-13-26(14-12-17)23(27)28-24(2,3)4;1-3-2/h5-8,15,17H,9-14H2,1-4H3;3H,1-2H3. The Bertz CT molecular complexity index is 1040. The van der Waals surface area contributed by atoms with E-state index in [1.807, 2.05) is 39.8 Å². The lowest BCUT2D eigenvalue weighted by atomic mass is 9.91. The first-order valence-electron chi connectivity index (χ1n) is 11.6. The fourth-order valence-electron chi connectivity index (χ4n) is 4.24. The normalized spacial score (nSPS) is 15.0. The summed E-state index contributed by atoms with van der Waals surface area (Å²) in [6.07, 6.45) is 3.80. The van der Waals surface area contributed by atoms with Crippen LogP contribution in [0.5, 0.6) is 0 Å². The molecule has 0 aliphatic carbocycles. The number of carbonyl (C=O) groups is 1. The SMILES string of the molecule is CNC.Cc1c2ccccc2cc2c(CCC3CCN(C(=O)OC(C)(C)C)CC3)noc12. The lowest BCUT2D eigenvalue weighted by molar-refractivity contribution is 0.0181. The van der Waals surface area contributed by atoms with Crippen molar-refractivity contribution in [1.82, 2.24) is 15.4 Å². The number of piperidine rings is 1. The molecular weight excluding hydrogens is 402 g/mol. The van der Waals surface area contributed by atoms with Crippen LogP contribution in [0, 0.1) is 12.8 Å². The Morgan fingerprint density at radius 3 is 2.50 bits per heavy atom. The molecule has 2 aromatic carbocycles. The number of aryl methyl sites for hydroxylation is 2. The molecule has 0 saturated carbocycles. The van der Waals surface area contributed by atoms with E-state index in [1.165, 1.54) is 10.8 Å². The van der Waals surface area contributed by atoms with Crippen LogP contribution in [0.3, 0.4) is 0 Å². The van der Waals surface area contributed by atoms with Gasteiger partial charge in [-0.25, -0.2) is 4.79 Å². The summed E-state index contributed by atoms with van der Waals surface area (Å²) < 4.78 is 11.2. The van der Waals surface area contributed by atoms with Crippen LogP contribution in [0.15, 0.2) is 34.9 Å². The van der Waals surface area contributed by atoms with Gasteiger partial charge >= 0.3 is 6.09 Å². The topological polar surface area (TPSA) is 67.6 Å². The molecule has 1 amide bonds. The quantitative estimate of drug-likeness (QED) is 0.567. The molecule has 4 rings (SSSR count). The van der Waals surface area contributed by atoms with E-state index in [0.717, 1.165) is 61.0 Å². The first-order valence-corrected chi connectivity index (χ1v) is 11.6. The number of carbonyl (C=O) groups excluding carboxylic acids is 1. The van der Waals surface area contributed by atoms with E-state index < -0.39 is 5.60 Å². The van der Waals surface area contributed by atoms with E-state index in [1.54, 1.807) is 0 Å². The summed E-state index contributed by atoms with van der Waals surface area (Å²) in [5.41, 5.74) is 2.66. The highest BCUT2D eigenvalue weighted by atomic mass is 16.6. The second-order valence-electron chi connectivity index (χ2n) is 9.68. The van der Waals surface area contributed by atoms with Crippen LogP contribution in [0.4, 0.5) is 4.79 Å². The highest BCUT2D eigenvalue weighted by Crippen LogP contribution is 2.31. The van der Waals surface area contributed by atoms with Crippen molar-refractivity contribution in [2.24, 2.45) is 5.92 Å². The smallest absolute Gasteiger partial charge is 0.410 e. The maximum atomic E-state index is 12.2. The van der Waals surface area contributed by atoms with Gasteiger partial charge < -0.3 is 19.5 Å². The Labute approximate surface area is 191 Å². The Hall–Kier alpha value is -2.60. The van der Waals surface area contributed by atoms with Crippen LogP contribution < -0.4 is 5.32 Å². The fraction of sp³-hybridized carbons (Fsp3) is 0.538. The molecule has 0 spiro atoms. The molecule has 0 unspecified atom stereocenters. The van der Waals surface area contributed by atoms with E-state index in [9.17, 15) is 4.79 Å². The summed E-state index contributed by atoms with van der Waals surface area (Å²) in [7, 11) is 3.75. The van der Waals surface area contributed by atoms with Gasteiger partial charge in [0, 0.05) is 24.0 Å². The zero-order valence-electron chi connectivity index (χ0n) is 20.3. The second-order valence-corrected chi connectivity index (χ2v) is 9.68. The van der Waals surface area contributed by atoms with Crippen molar-refractivity contribution in [2.45, 2.75) is 59.0 Å². The average molecular weight is 440 g/mol. The number of nitrogens with zero attached hydrogens (tertiary/aromatic N) is 2. The number of fused-ring (bicyclic) bond motifs is 2. The molecule has 2 heterocycles. The predicted molar refractivity (Wildman–Crippen MR) is 130 cm³/mol. The molecule has 32 heavy (non-hydrogen) atoms. The van der Waals surface area contributed by atoms with Crippen LogP contribution >= 0.6 is 0 Å². The van der Waals surface area contributed by atoms with Crippen LogP contribution in [0.2, 0.25) is 0 Å². The number of aromatic nitrogens is 1. The molecule has 1 saturated heterocycles. The summed E-state index contributed by atoms with van der Waals surface area (Å²) in [4.78, 5) is 14.1. The molecule has 0 bridgehead atoms. The van der Waals surface area contributed by atoms with Gasteiger partial charge in [-0.2, -0.15) is 0 Å². The van der Waals surface area contributed by atoms with Gasteiger partial charge in [-0.15, -0.1) is 0 Å². The maximum Gasteiger partial charge on any atom is 0.410 e. The van der Waals surface area contributed by atoms with E-state index in [0.29, 0.717) is 5.92 Å². The molecule has 1 aliphatic heterocycles. The van der Waals surface area contributed by atoms with Gasteiger partial charge in [-0.3, -0.25) is 0 Å². The highest BCUT2D eigenvalue weighted by Gasteiger charge is 2.27. The van der Waals surface area contributed by atoms with Crippen molar-refractivity contribution in [2.75, 3.05) is 27.2 Å². The predicted octanol–water partition coefficient (Wildman–Crippen LogP) is 5.70. The van der Waals surface area contributed by atoms with E-state index in [-0.39, 0.29) is 6.09 Å². The molecule has 0 radical (unpaired) electrons. The molecule has 3 aromatic rings. The summed E-state index contributed by atoms with van der Waals surface area (Å²) in [6, 6.07) is 10.6. The minimum Gasteiger partial charge on any atom is -0.444 e. The lowest BCUT2D eigenvalue weighted by Gasteiger charge is -2.33. The van der Waals surface area contributed by atoms with Gasteiger partial charge in [0.05, 0.1) is 5.69 Å². The van der Waals surface area contributed by atoms with Gasteiger partial charge in [-0.1, -0.05) is 29.4 Å². The highest BCUT2D eigenvalue weighted by molar-refractivity contribution is 6.00. The van der Waals surface area contributed by atoms with Gasteiger partial charge in [-0.05, 0) is 90.2 Å². The monoisotopic (exact) mass is 439 g/mol. The van der Waals surface area contributed by atoms with Crippen molar-refractivity contribution in [1.29, 1.82) is 0 Å². The number of rotatable bonds is 3. The van der Waals surface area contributed by atoms with Gasteiger partial charge in [0.25, 0.3) is 0 Å². The van der Waals surface area contributed by atoms with Crippen molar-refractivity contribution < 1.29 is 14.1 Å².